The van der Waals surface area contributed by atoms with Gasteiger partial charge in [0.15, 0.2) is 0 Å². The van der Waals surface area contributed by atoms with Gasteiger partial charge in [0.1, 0.15) is 0 Å². The molecule has 1 aliphatic carbocycles. The molecule has 0 amide bonds. The van der Waals surface area contributed by atoms with Gasteiger partial charge in [0.05, 0.1) is 11.7 Å². The molecule has 4 aliphatic heterocycles. The third kappa shape index (κ3) is 2.31. The van der Waals surface area contributed by atoms with Gasteiger partial charge < -0.3 is 9.84 Å². The zero-order valence-electron chi connectivity index (χ0n) is 12.5. The van der Waals surface area contributed by atoms with Crippen LogP contribution in [0, 0.1) is 5.92 Å². The van der Waals surface area contributed by atoms with Crippen LogP contribution in [-0.4, -0.2) is 72.0 Å². The van der Waals surface area contributed by atoms with Gasteiger partial charge in [0.2, 0.25) is 0 Å². The molecule has 1 spiro atoms. The van der Waals surface area contributed by atoms with E-state index in [-0.39, 0.29) is 11.7 Å². The summed E-state index contributed by atoms with van der Waals surface area (Å²) in [4.78, 5) is 5.06. The Morgan fingerprint density at radius 1 is 1.10 bits per heavy atom. The molecule has 5 rings (SSSR count). The standard InChI is InChI=1S/C16H28N2O2/c19-15(14-12-17-6-8-18(14)9-7-17)13-3-10-20-16(11-13)4-1-2-5-16/h13-15,19H,1-12H2. The minimum absolute atomic E-state index is 0.132. The maximum atomic E-state index is 10.9. The number of fused-ring (bicyclic) bond motifs is 3. The third-order valence-corrected chi connectivity index (χ3v) is 6.24. The Balaban J connectivity index is 1.44. The minimum atomic E-state index is -0.153. The molecular formula is C16H28N2O2. The van der Waals surface area contributed by atoms with E-state index in [1.165, 1.54) is 38.8 Å². The molecule has 20 heavy (non-hydrogen) atoms. The van der Waals surface area contributed by atoms with Gasteiger partial charge in [-0.15, -0.1) is 0 Å². The molecule has 3 unspecified atom stereocenters. The molecule has 5 fully saturated rings. The average Bonchev–Trinajstić information content (AvgIpc) is 2.95. The van der Waals surface area contributed by atoms with E-state index < -0.39 is 0 Å². The van der Waals surface area contributed by atoms with Crippen LogP contribution >= 0.6 is 0 Å². The summed E-state index contributed by atoms with van der Waals surface area (Å²) < 4.78 is 6.12. The van der Waals surface area contributed by atoms with Gasteiger partial charge in [-0.05, 0) is 31.6 Å². The highest BCUT2D eigenvalue weighted by atomic mass is 16.5. The molecule has 4 heteroatoms. The van der Waals surface area contributed by atoms with Crippen molar-refractivity contribution in [3.63, 3.8) is 0 Å². The van der Waals surface area contributed by atoms with Crippen LogP contribution in [0.4, 0.5) is 0 Å². The molecule has 0 aromatic heterocycles. The molecule has 4 saturated heterocycles. The highest BCUT2D eigenvalue weighted by Gasteiger charge is 2.45. The van der Waals surface area contributed by atoms with Crippen molar-refractivity contribution in [1.29, 1.82) is 0 Å². The number of aliphatic hydroxyl groups excluding tert-OH is 1. The first-order valence-corrected chi connectivity index (χ1v) is 8.54. The van der Waals surface area contributed by atoms with Crippen LogP contribution in [0.5, 0.6) is 0 Å². The number of hydrogen-bond acceptors (Lipinski definition) is 4. The first-order chi connectivity index (χ1) is 9.76. The third-order valence-electron chi connectivity index (χ3n) is 6.24. The first-order valence-electron chi connectivity index (χ1n) is 8.54. The summed E-state index contributed by atoms with van der Waals surface area (Å²) in [5, 5.41) is 10.9. The molecule has 3 atom stereocenters. The van der Waals surface area contributed by atoms with Crippen molar-refractivity contribution in [2.24, 2.45) is 5.92 Å². The lowest BCUT2D eigenvalue weighted by Gasteiger charge is -2.51. The van der Waals surface area contributed by atoms with Crippen molar-refractivity contribution in [3.8, 4) is 0 Å². The van der Waals surface area contributed by atoms with Crippen molar-refractivity contribution < 1.29 is 9.84 Å². The second-order valence-electron chi connectivity index (χ2n) is 7.39. The fourth-order valence-corrected chi connectivity index (χ4v) is 5.02. The molecule has 0 aromatic carbocycles. The minimum Gasteiger partial charge on any atom is -0.391 e. The van der Waals surface area contributed by atoms with E-state index in [4.69, 9.17) is 4.74 Å². The number of ether oxygens (including phenoxy) is 1. The van der Waals surface area contributed by atoms with Crippen LogP contribution in [0.2, 0.25) is 0 Å². The van der Waals surface area contributed by atoms with E-state index in [0.717, 1.165) is 39.1 Å². The maximum absolute atomic E-state index is 10.9. The summed E-state index contributed by atoms with van der Waals surface area (Å²) >= 11 is 0. The smallest absolute Gasteiger partial charge is 0.0737 e. The fraction of sp³-hybridized carbons (Fsp3) is 1.00. The summed E-state index contributed by atoms with van der Waals surface area (Å²) in [5.41, 5.74) is 0.132. The number of aliphatic hydroxyl groups is 1. The van der Waals surface area contributed by atoms with E-state index >= 15 is 0 Å². The quantitative estimate of drug-likeness (QED) is 0.821. The molecular weight excluding hydrogens is 252 g/mol. The SMILES string of the molecule is OC(C1CCOC2(CCCC2)C1)C1CN2CCN1CC2. The largest absolute Gasteiger partial charge is 0.391 e. The van der Waals surface area contributed by atoms with Gasteiger partial charge in [0.25, 0.3) is 0 Å². The van der Waals surface area contributed by atoms with E-state index in [1.807, 2.05) is 0 Å². The Kier molecular flexibility index (Phi) is 3.53. The van der Waals surface area contributed by atoms with Crippen molar-refractivity contribution in [3.05, 3.63) is 0 Å². The molecule has 4 nitrogen and oxygen atoms in total. The lowest BCUT2D eigenvalue weighted by molar-refractivity contribution is -0.134. The molecule has 5 aliphatic rings. The van der Waals surface area contributed by atoms with Gasteiger partial charge in [-0.25, -0.2) is 0 Å². The van der Waals surface area contributed by atoms with E-state index in [0.29, 0.717) is 12.0 Å². The second kappa shape index (κ2) is 5.24. The maximum Gasteiger partial charge on any atom is 0.0737 e. The highest BCUT2D eigenvalue weighted by molar-refractivity contribution is 4.98. The monoisotopic (exact) mass is 280 g/mol. The molecule has 2 bridgehead atoms. The lowest BCUT2D eigenvalue weighted by Crippen LogP contribution is -2.65. The van der Waals surface area contributed by atoms with Crippen LogP contribution in [0.15, 0.2) is 0 Å². The summed E-state index contributed by atoms with van der Waals surface area (Å²) in [6.45, 7) is 6.62. The van der Waals surface area contributed by atoms with Gasteiger partial charge in [-0.1, -0.05) is 12.8 Å². The van der Waals surface area contributed by atoms with Gasteiger partial charge in [-0.3, -0.25) is 9.80 Å². The first kappa shape index (κ1) is 13.5. The van der Waals surface area contributed by atoms with E-state index in [2.05, 4.69) is 9.80 Å². The van der Waals surface area contributed by atoms with Crippen LogP contribution in [0.1, 0.15) is 38.5 Å². The normalized spacial score (nSPS) is 44.9. The molecule has 114 valence electrons. The van der Waals surface area contributed by atoms with Gasteiger partial charge >= 0.3 is 0 Å². The van der Waals surface area contributed by atoms with Crippen LogP contribution in [-0.2, 0) is 4.74 Å². The number of rotatable bonds is 2. The zero-order valence-corrected chi connectivity index (χ0v) is 12.5. The summed E-state index contributed by atoms with van der Waals surface area (Å²) in [6, 6.07) is 0.374. The van der Waals surface area contributed by atoms with Gasteiger partial charge in [-0.2, -0.15) is 0 Å². The molecule has 1 saturated carbocycles. The lowest BCUT2D eigenvalue weighted by atomic mass is 9.79. The van der Waals surface area contributed by atoms with Crippen molar-refractivity contribution >= 4 is 0 Å². The number of hydrogen-bond donors (Lipinski definition) is 1. The summed E-state index contributed by atoms with van der Waals surface area (Å²) in [6.07, 6.45) is 7.05. The molecule has 0 radical (unpaired) electrons. The average molecular weight is 280 g/mol. The van der Waals surface area contributed by atoms with Crippen LogP contribution < -0.4 is 0 Å². The van der Waals surface area contributed by atoms with Crippen LogP contribution in [0.3, 0.4) is 0 Å². The predicted octanol–water partition coefficient (Wildman–Crippen LogP) is 1.09. The fourth-order valence-electron chi connectivity index (χ4n) is 5.02. The van der Waals surface area contributed by atoms with Crippen molar-refractivity contribution in [2.45, 2.75) is 56.3 Å². The summed E-state index contributed by atoms with van der Waals surface area (Å²) in [7, 11) is 0. The van der Waals surface area contributed by atoms with Gasteiger partial charge in [0, 0.05) is 45.4 Å². The van der Waals surface area contributed by atoms with E-state index in [1.54, 1.807) is 0 Å². The number of nitrogens with zero attached hydrogens (tertiary/aromatic N) is 2. The Bertz CT molecular complexity index is 348. The van der Waals surface area contributed by atoms with Crippen LogP contribution in [0.25, 0.3) is 0 Å². The zero-order chi connectivity index (χ0) is 13.6. The van der Waals surface area contributed by atoms with Crippen molar-refractivity contribution in [1.82, 2.24) is 9.80 Å². The molecule has 0 aromatic rings. The Hall–Kier alpha value is -0.160. The van der Waals surface area contributed by atoms with E-state index in [9.17, 15) is 5.11 Å². The summed E-state index contributed by atoms with van der Waals surface area (Å²) in [5.74, 6) is 0.451. The Morgan fingerprint density at radius 3 is 2.50 bits per heavy atom. The predicted molar refractivity (Wildman–Crippen MR) is 77.7 cm³/mol. The molecule has 4 heterocycles. The second-order valence-corrected chi connectivity index (χ2v) is 7.39. The van der Waals surface area contributed by atoms with Crippen molar-refractivity contribution in [2.75, 3.05) is 39.3 Å². The number of piperazine rings is 3. The molecule has 1 N–H and O–H groups in total. The Morgan fingerprint density at radius 2 is 1.85 bits per heavy atom. The Labute approximate surface area is 122 Å². The highest BCUT2D eigenvalue weighted by Crippen LogP contribution is 2.43. The topological polar surface area (TPSA) is 35.9 Å².